The summed E-state index contributed by atoms with van der Waals surface area (Å²) in [4.78, 5) is 64.8. The average molecular weight is 803 g/mol. The van der Waals surface area contributed by atoms with Crippen molar-refractivity contribution in [1.29, 1.82) is 0 Å². The molecule has 0 spiro atoms. The molecular weight excluding hydrogens is 732 g/mol. The first-order valence-corrected chi connectivity index (χ1v) is 21.1. The van der Waals surface area contributed by atoms with E-state index in [0.717, 1.165) is 44.1 Å². The van der Waals surface area contributed by atoms with Gasteiger partial charge in [0.25, 0.3) is 0 Å². The molecule has 12 nitrogen and oxygen atoms in total. The summed E-state index contributed by atoms with van der Waals surface area (Å²) in [6.07, 6.45) is 3.23. The molecular formula is C45H70O12. The van der Waals surface area contributed by atoms with Gasteiger partial charge < -0.3 is 33.2 Å². The lowest BCUT2D eigenvalue weighted by atomic mass is 9.35. The van der Waals surface area contributed by atoms with Crippen molar-refractivity contribution in [2.24, 2.45) is 45.3 Å². The first-order chi connectivity index (χ1) is 26.4. The first kappa shape index (κ1) is 45.3. The van der Waals surface area contributed by atoms with Gasteiger partial charge in [0.05, 0.1) is 11.7 Å². The third-order valence-corrected chi connectivity index (χ3v) is 15.7. The quantitative estimate of drug-likeness (QED) is 0.109. The number of hydrogen-bond donors (Lipinski definition) is 0. The van der Waals surface area contributed by atoms with Crippen molar-refractivity contribution in [3.63, 3.8) is 0 Å². The highest BCUT2D eigenvalue weighted by Crippen LogP contribution is 2.75. The van der Waals surface area contributed by atoms with Gasteiger partial charge >= 0.3 is 23.9 Å². The van der Waals surface area contributed by atoms with Crippen LogP contribution in [0.15, 0.2) is 11.6 Å². The first-order valence-electron chi connectivity index (χ1n) is 21.1. The van der Waals surface area contributed by atoms with Crippen molar-refractivity contribution >= 4 is 29.7 Å². The SMILES string of the molecule is CO[C@H]1CC[C@@]2(C)C(CC[C@]3(C)C2CC(=O)C2C(C(C)(CCC=C(C)C)O[C@@H]4OC(COC(C)=O)[C@@H](OC(C)=O)C(OC(C)=O)C4OC(C)=O)CC[C@]23C)C1(C)C. The van der Waals surface area contributed by atoms with Gasteiger partial charge in [0, 0.05) is 47.1 Å². The fourth-order valence-electron chi connectivity index (χ4n) is 13.0. The Kier molecular flexibility index (Phi) is 13.2. The van der Waals surface area contributed by atoms with Gasteiger partial charge in [-0.05, 0) is 112 Å². The predicted molar refractivity (Wildman–Crippen MR) is 210 cm³/mol. The van der Waals surface area contributed by atoms with Gasteiger partial charge in [-0.3, -0.25) is 24.0 Å². The number of Topliss-reactive ketones (excluding diaryl/α,β-unsaturated/α-hetero) is 1. The number of carbonyl (C=O) groups is 5. The van der Waals surface area contributed by atoms with Gasteiger partial charge in [-0.15, -0.1) is 0 Å². The highest BCUT2D eigenvalue weighted by Gasteiger charge is 2.72. The topological polar surface area (TPSA) is 150 Å². The Morgan fingerprint density at radius 1 is 0.772 bits per heavy atom. The van der Waals surface area contributed by atoms with Crippen molar-refractivity contribution in [3.8, 4) is 0 Å². The predicted octanol–water partition coefficient (Wildman–Crippen LogP) is 7.47. The van der Waals surface area contributed by atoms with Gasteiger partial charge in [0.1, 0.15) is 18.5 Å². The summed E-state index contributed by atoms with van der Waals surface area (Å²) in [5.41, 5.74) is -0.292. The standard InChI is InChI=1S/C45H70O12/c1-25(2)15-14-19-45(12,57-40-39(55-29(6)49)38(54-28(5)48)37(53-27(4)47)32(56-40)24-52-26(3)46)30-16-21-44(11)36(30)31(50)23-34-42(9)20-18-35(51-13)41(7,8)33(42)17-22-43(34,44)10/h15,30,32-40H,14,16-24H2,1-13H3/t30?,32?,33?,34?,35-,36?,37+,38?,39?,40-,42-,43+,44+,45?/m0/s1. The molecule has 5 fully saturated rings. The van der Waals surface area contributed by atoms with E-state index in [1.807, 2.05) is 27.9 Å². The number of allylic oxidation sites excluding steroid dienone is 2. The molecule has 57 heavy (non-hydrogen) atoms. The summed E-state index contributed by atoms with van der Waals surface area (Å²) in [6.45, 7) is 22.6. The molecule has 0 bridgehead atoms. The summed E-state index contributed by atoms with van der Waals surface area (Å²) in [5.74, 6) is -2.29. The van der Waals surface area contributed by atoms with E-state index >= 15 is 4.79 Å². The Hall–Kier alpha value is -2.83. The zero-order valence-corrected chi connectivity index (χ0v) is 36.8. The van der Waals surface area contributed by atoms with E-state index in [2.05, 4.69) is 40.7 Å². The van der Waals surface area contributed by atoms with Crippen molar-refractivity contribution in [2.75, 3.05) is 13.7 Å². The van der Waals surface area contributed by atoms with E-state index in [-0.39, 0.29) is 57.9 Å². The summed E-state index contributed by atoms with van der Waals surface area (Å²) < 4.78 is 42.3. The highest BCUT2D eigenvalue weighted by atomic mass is 16.7. The highest BCUT2D eigenvalue weighted by molar-refractivity contribution is 5.84. The molecule has 0 N–H and O–H groups in total. The normalized spacial score (nSPS) is 40.6. The average Bonchev–Trinajstić information content (AvgIpc) is 3.47. The molecule has 322 valence electrons. The third kappa shape index (κ3) is 8.34. The third-order valence-electron chi connectivity index (χ3n) is 15.7. The molecule has 0 radical (unpaired) electrons. The Bertz CT molecular complexity index is 1580. The zero-order chi connectivity index (χ0) is 42.5. The van der Waals surface area contributed by atoms with Gasteiger partial charge in [-0.2, -0.15) is 0 Å². The molecule has 0 aromatic heterocycles. The number of carbonyl (C=O) groups excluding carboxylic acids is 5. The van der Waals surface area contributed by atoms with Crippen LogP contribution < -0.4 is 0 Å². The second kappa shape index (κ2) is 16.7. The summed E-state index contributed by atoms with van der Waals surface area (Å²) in [6, 6.07) is 0. The van der Waals surface area contributed by atoms with Crippen LogP contribution in [-0.2, 0) is 57.1 Å². The summed E-state index contributed by atoms with van der Waals surface area (Å²) in [7, 11) is 1.83. The molecule has 5 rings (SSSR count). The van der Waals surface area contributed by atoms with Crippen LogP contribution in [0.5, 0.6) is 0 Å². The van der Waals surface area contributed by atoms with Crippen molar-refractivity contribution < 1.29 is 57.1 Å². The minimum absolute atomic E-state index is 0.00907. The number of hydrogen-bond acceptors (Lipinski definition) is 12. The fraction of sp³-hybridized carbons (Fsp3) is 0.844. The molecule has 12 heteroatoms. The maximum absolute atomic E-state index is 15.1. The van der Waals surface area contributed by atoms with Crippen molar-refractivity contribution in [1.82, 2.24) is 0 Å². The fourth-order valence-corrected chi connectivity index (χ4v) is 13.0. The molecule has 8 unspecified atom stereocenters. The van der Waals surface area contributed by atoms with E-state index in [9.17, 15) is 19.2 Å². The minimum Gasteiger partial charge on any atom is -0.463 e. The zero-order valence-electron chi connectivity index (χ0n) is 36.8. The Balaban J connectivity index is 1.56. The second-order valence-electron chi connectivity index (χ2n) is 19.7. The number of fused-ring (bicyclic) bond motifs is 5. The number of ether oxygens (including phenoxy) is 7. The lowest BCUT2D eigenvalue weighted by Gasteiger charge is -2.69. The van der Waals surface area contributed by atoms with Crippen molar-refractivity contribution in [2.45, 2.75) is 183 Å². The lowest BCUT2D eigenvalue weighted by molar-refractivity contribution is -0.336. The molecule has 4 aliphatic carbocycles. The monoisotopic (exact) mass is 802 g/mol. The largest absolute Gasteiger partial charge is 0.463 e. The van der Waals surface area contributed by atoms with Crippen LogP contribution in [0, 0.1) is 45.3 Å². The molecule has 0 aromatic rings. The van der Waals surface area contributed by atoms with Crippen LogP contribution in [0.4, 0.5) is 0 Å². The van der Waals surface area contributed by atoms with Crippen LogP contribution in [0.2, 0.25) is 0 Å². The van der Waals surface area contributed by atoms with Crippen LogP contribution in [0.25, 0.3) is 0 Å². The van der Waals surface area contributed by atoms with E-state index in [0.29, 0.717) is 25.2 Å². The molecule has 0 aromatic carbocycles. The smallest absolute Gasteiger partial charge is 0.303 e. The second-order valence-corrected chi connectivity index (χ2v) is 19.7. The van der Waals surface area contributed by atoms with Gasteiger partial charge in [0.2, 0.25) is 0 Å². The Labute approximate surface area is 340 Å². The summed E-state index contributed by atoms with van der Waals surface area (Å²) >= 11 is 0. The number of rotatable bonds is 12. The molecule has 14 atom stereocenters. The van der Waals surface area contributed by atoms with Crippen LogP contribution in [-0.4, -0.2) is 85.8 Å². The molecule has 5 aliphatic rings. The Morgan fingerprint density at radius 3 is 1.95 bits per heavy atom. The summed E-state index contributed by atoms with van der Waals surface area (Å²) in [5, 5.41) is 0. The van der Waals surface area contributed by atoms with Crippen molar-refractivity contribution in [3.05, 3.63) is 11.6 Å². The maximum atomic E-state index is 15.1. The number of ketones is 1. The van der Waals surface area contributed by atoms with Crippen LogP contribution in [0.3, 0.4) is 0 Å². The number of methoxy groups -OCH3 is 1. The van der Waals surface area contributed by atoms with Gasteiger partial charge in [-0.1, -0.05) is 46.3 Å². The number of esters is 4. The van der Waals surface area contributed by atoms with Gasteiger partial charge in [-0.25, -0.2) is 0 Å². The van der Waals surface area contributed by atoms with E-state index < -0.39 is 60.2 Å². The van der Waals surface area contributed by atoms with E-state index in [1.54, 1.807) is 0 Å². The molecule has 4 saturated carbocycles. The van der Waals surface area contributed by atoms with E-state index in [4.69, 9.17) is 33.2 Å². The van der Waals surface area contributed by atoms with E-state index in [1.165, 1.54) is 27.7 Å². The minimum atomic E-state index is -1.36. The molecule has 1 heterocycles. The van der Waals surface area contributed by atoms with Gasteiger partial charge in [0.15, 0.2) is 24.6 Å². The maximum Gasteiger partial charge on any atom is 0.303 e. The Morgan fingerprint density at radius 2 is 1.37 bits per heavy atom. The molecule has 1 aliphatic heterocycles. The molecule has 0 amide bonds. The van der Waals surface area contributed by atoms with Crippen LogP contribution >= 0.6 is 0 Å². The molecule has 1 saturated heterocycles. The lowest BCUT2D eigenvalue weighted by Crippen LogP contribution is -2.66. The van der Waals surface area contributed by atoms with Crippen LogP contribution in [0.1, 0.15) is 141 Å².